The Hall–Kier alpha value is -2.67. The van der Waals surface area contributed by atoms with Crippen LogP contribution >= 0.6 is 0 Å². The predicted octanol–water partition coefficient (Wildman–Crippen LogP) is 3.75. The number of rotatable bonds is 5. The molecular formula is C24H32N6O. The fourth-order valence-electron chi connectivity index (χ4n) is 4.93. The van der Waals surface area contributed by atoms with Crippen LogP contribution in [0, 0.1) is 5.92 Å². The highest BCUT2D eigenvalue weighted by Crippen LogP contribution is 2.32. The van der Waals surface area contributed by atoms with Crippen molar-refractivity contribution in [2.24, 2.45) is 5.92 Å². The van der Waals surface area contributed by atoms with Crippen LogP contribution in [0.1, 0.15) is 43.4 Å². The van der Waals surface area contributed by atoms with E-state index in [4.69, 9.17) is 14.9 Å². The highest BCUT2D eigenvalue weighted by Gasteiger charge is 2.23. The van der Waals surface area contributed by atoms with E-state index in [2.05, 4.69) is 32.5 Å². The summed E-state index contributed by atoms with van der Waals surface area (Å²) in [6.07, 6.45) is 14.4. The number of pyridine rings is 1. The lowest BCUT2D eigenvalue weighted by Gasteiger charge is -2.28. The number of piperidine rings is 1. The molecule has 2 aliphatic rings. The fourth-order valence-corrected chi connectivity index (χ4v) is 4.93. The summed E-state index contributed by atoms with van der Waals surface area (Å²) in [6.45, 7) is 3.37. The zero-order valence-corrected chi connectivity index (χ0v) is 18.6. The number of likely N-dealkylation sites (tertiary alicyclic amines) is 1. The Morgan fingerprint density at radius 1 is 1.06 bits per heavy atom. The average Bonchev–Trinajstić information content (AvgIpc) is 3.32. The van der Waals surface area contributed by atoms with Gasteiger partial charge in [0.05, 0.1) is 30.9 Å². The first-order valence-corrected chi connectivity index (χ1v) is 11.5. The molecule has 7 nitrogen and oxygen atoms in total. The largest absolute Gasteiger partial charge is 0.481 e. The van der Waals surface area contributed by atoms with Crippen LogP contribution in [-0.2, 0) is 19.4 Å². The van der Waals surface area contributed by atoms with Gasteiger partial charge in [0.2, 0.25) is 5.88 Å². The van der Waals surface area contributed by atoms with Crippen LogP contribution in [0.15, 0.2) is 30.7 Å². The topological polar surface area (TPSA) is 61.0 Å². The molecule has 7 heteroatoms. The fraction of sp³-hybridized carbons (Fsp3) is 0.542. The molecule has 1 aliphatic heterocycles. The van der Waals surface area contributed by atoms with Crippen LogP contribution in [0.5, 0.6) is 5.88 Å². The van der Waals surface area contributed by atoms with Crippen molar-refractivity contribution in [2.45, 2.75) is 51.5 Å². The lowest BCUT2D eigenvalue weighted by molar-refractivity contribution is 0.201. The third-order valence-corrected chi connectivity index (χ3v) is 6.79. The third kappa shape index (κ3) is 4.24. The maximum Gasteiger partial charge on any atom is 0.213 e. The molecule has 1 fully saturated rings. The van der Waals surface area contributed by atoms with Crippen molar-refractivity contribution in [1.82, 2.24) is 29.4 Å². The second kappa shape index (κ2) is 8.83. The van der Waals surface area contributed by atoms with Gasteiger partial charge in [0.15, 0.2) is 0 Å². The van der Waals surface area contributed by atoms with E-state index in [9.17, 15) is 0 Å². The highest BCUT2D eigenvalue weighted by atomic mass is 16.5. The van der Waals surface area contributed by atoms with Gasteiger partial charge in [-0.3, -0.25) is 4.68 Å². The van der Waals surface area contributed by atoms with E-state index in [1.807, 2.05) is 24.5 Å². The minimum absolute atomic E-state index is 0.623. The SMILES string of the molecule is COc1ccc(-n2nc(-c3cnn(CC4CCN(C)CC4)c3)c3c2CCCCC3)cn1. The van der Waals surface area contributed by atoms with Gasteiger partial charge < -0.3 is 9.64 Å². The molecule has 5 rings (SSSR count). The maximum atomic E-state index is 5.23. The number of hydrogen-bond donors (Lipinski definition) is 0. The van der Waals surface area contributed by atoms with Crippen molar-refractivity contribution >= 4 is 0 Å². The molecular weight excluding hydrogens is 388 g/mol. The van der Waals surface area contributed by atoms with Crippen molar-refractivity contribution in [3.8, 4) is 22.8 Å². The van der Waals surface area contributed by atoms with Crippen LogP contribution < -0.4 is 4.74 Å². The van der Waals surface area contributed by atoms with Gasteiger partial charge in [0, 0.05) is 35.6 Å². The van der Waals surface area contributed by atoms with Crippen molar-refractivity contribution < 1.29 is 4.74 Å². The van der Waals surface area contributed by atoms with Gasteiger partial charge >= 0.3 is 0 Å². The molecule has 0 aromatic carbocycles. The van der Waals surface area contributed by atoms with Gasteiger partial charge in [0.1, 0.15) is 0 Å². The number of nitrogens with zero attached hydrogens (tertiary/aromatic N) is 6. The smallest absolute Gasteiger partial charge is 0.213 e. The Labute approximate surface area is 184 Å². The van der Waals surface area contributed by atoms with Gasteiger partial charge in [-0.15, -0.1) is 0 Å². The Morgan fingerprint density at radius 3 is 2.68 bits per heavy atom. The summed E-state index contributed by atoms with van der Waals surface area (Å²) in [4.78, 5) is 6.82. The first-order chi connectivity index (χ1) is 15.2. The lowest BCUT2D eigenvalue weighted by atomic mass is 9.97. The van der Waals surface area contributed by atoms with Crippen LogP contribution in [0.2, 0.25) is 0 Å². The number of ether oxygens (including phenoxy) is 1. The molecule has 1 aliphatic carbocycles. The number of hydrogen-bond acceptors (Lipinski definition) is 5. The minimum Gasteiger partial charge on any atom is -0.481 e. The number of aromatic nitrogens is 5. The lowest BCUT2D eigenvalue weighted by Crippen LogP contribution is -2.31. The van der Waals surface area contributed by atoms with Gasteiger partial charge in [-0.2, -0.15) is 10.2 Å². The van der Waals surface area contributed by atoms with Crippen LogP contribution in [0.25, 0.3) is 16.9 Å². The summed E-state index contributed by atoms with van der Waals surface area (Å²) < 4.78 is 9.45. The summed E-state index contributed by atoms with van der Waals surface area (Å²) in [7, 11) is 3.85. The summed E-state index contributed by atoms with van der Waals surface area (Å²) in [5, 5.41) is 9.78. The molecule has 31 heavy (non-hydrogen) atoms. The molecule has 0 bridgehead atoms. The van der Waals surface area contributed by atoms with Gasteiger partial charge in [-0.25, -0.2) is 9.67 Å². The van der Waals surface area contributed by atoms with Gasteiger partial charge in [0.25, 0.3) is 0 Å². The van der Waals surface area contributed by atoms with E-state index in [1.54, 1.807) is 7.11 Å². The summed E-state index contributed by atoms with van der Waals surface area (Å²) in [5.74, 6) is 1.33. The number of fused-ring (bicyclic) bond motifs is 1. The van der Waals surface area contributed by atoms with E-state index in [0.29, 0.717) is 11.8 Å². The van der Waals surface area contributed by atoms with E-state index in [1.165, 1.54) is 56.5 Å². The van der Waals surface area contributed by atoms with E-state index >= 15 is 0 Å². The van der Waals surface area contributed by atoms with Crippen LogP contribution in [-0.4, -0.2) is 56.7 Å². The molecule has 0 amide bonds. The third-order valence-electron chi connectivity index (χ3n) is 6.79. The predicted molar refractivity (Wildman–Crippen MR) is 121 cm³/mol. The van der Waals surface area contributed by atoms with Gasteiger partial charge in [-0.05, 0) is 70.6 Å². The molecule has 0 atom stereocenters. The van der Waals surface area contributed by atoms with Crippen molar-refractivity contribution in [3.05, 3.63) is 42.0 Å². The zero-order valence-electron chi connectivity index (χ0n) is 18.6. The van der Waals surface area contributed by atoms with E-state index < -0.39 is 0 Å². The molecule has 0 N–H and O–H groups in total. The molecule has 1 saturated heterocycles. The molecule has 3 aromatic heterocycles. The van der Waals surface area contributed by atoms with Crippen LogP contribution in [0.3, 0.4) is 0 Å². The Morgan fingerprint density at radius 2 is 1.90 bits per heavy atom. The first-order valence-electron chi connectivity index (χ1n) is 11.5. The highest BCUT2D eigenvalue weighted by molar-refractivity contribution is 5.64. The Kier molecular flexibility index (Phi) is 5.76. The quantitative estimate of drug-likeness (QED) is 0.589. The number of methoxy groups -OCH3 is 1. The second-order valence-corrected chi connectivity index (χ2v) is 9.00. The summed E-state index contributed by atoms with van der Waals surface area (Å²) in [5.41, 5.74) is 5.91. The van der Waals surface area contributed by atoms with Crippen molar-refractivity contribution in [3.63, 3.8) is 0 Å². The van der Waals surface area contributed by atoms with Crippen molar-refractivity contribution in [2.75, 3.05) is 27.2 Å². The monoisotopic (exact) mass is 420 g/mol. The summed E-state index contributed by atoms with van der Waals surface area (Å²) >= 11 is 0. The molecule has 0 spiro atoms. The van der Waals surface area contributed by atoms with Crippen molar-refractivity contribution in [1.29, 1.82) is 0 Å². The standard InChI is InChI=1S/C24H32N6O/c1-28-12-10-18(11-13-28)16-29-17-19(14-26-29)24-21-6-4-3-5-7-22(21)30(27-24)20-8-9-23(31-2)25-15-20/h8-9,14-15,17-18H,3-7,10-13,16H2,1-2H3. The second-order valence-electron chi connectivity index (χ2n) is 9.00. The average molecular weight is 421 g/mol. The van der Waals surface area contributed by atoms with Crippen LogP contribution in [0.4, 0.5) is 0 Å². The minimum atomic E-state index is 0.623. The molecule has 3 aromatic rings. The Bertz CT molecular complexity index is 1010. The zero-order chi connectivity index (χ0) is 21.2. The molecule has 0 unspecified atom stereocenters. The van der Waals surface area contributed by atoms with E-state index in [0.717, 1.165) is 36.3 Å². The summed E-state index contributed by atoms with van der Waals surface area (Å²) in [6, 6.07) is 3.94. The molecule has 0 saturated carbocycles. The normalized spacial score (nSPS) is 18.0. The first kappa shape index (κ1) is 20.2. The molecule has 0 radical (unpaired) electrons. The maximum absolute atomic E-state index is 5.23. The molecule has 4 heterocycles. The van der Waals surface area contributed by atoms with Gasteiger partial charge in [-0.1, -0.05) is 6.42 Å². The molecule has 164 valence electrons. The Balaban J connectivity index is 1.45. The van der Waals surface area contributed by atoms with E-state index in [-0.39, 0.29) is 0 Å².